The highest BCUT2D eigenvalue weighted by Crippen LogP contribution is 2.25. The average molecular weight is 257 g/mol. The molecule has 0 aliphatic carbocycles. The first-order valence-electron chi connectivity index (χ1n) is 6.20. The van der Waals surface area contributed by atoms with E-state index in [0.29, 0.717) is 17.7 Å². The maximum Gasteiger partial charge on any atom is 0.233 e. The number of rotatable bonds is 7. The van der Waals surface area contributed by atoms with Crippen molar-refractivity contribution < 1.29 is 4.52 Å². The number of thioether (sulfide) groups is 1. The second-order valence-corrected chi connectivity index (χ2v) is 6.09. The first kappa shape index (κ1) is 14.5. The first-order chi connectivity index (χ1) is 8.05. The van der Waals surface area contributed by atoms with Crippen LogP contribution in [0.15, 0.2) is 4.52 Å². The van der Waals surface area contributed by atoms with Crippen molar-refractivity contribution in [3.05, 3.63) is 11.7 Å². The van der Waals surface area contributed by atoms with Crippen LogP contribution in [0.3, 0.4) is 0 Å². The number of hydrogen-bond donors (Lipinski definition) is 1. The molecular formula is C12H23N3OS. The second kappa shape index (κ2) is 6.40. The fourth-order valence-electron chi connectivity index (χ4n) is 1.28. The third-order valence-corrected chi connectivity index (χ3v) is 4.61. The minimum absolute atomic E-state index is 0.188. The summed E-state index contributed by atoms with van der Waals surface area (Å²) >= 11 is 1.85. The number of aromatic nitrogens is 2. The van der Waals surface area contributed by atoms with E-state index in [1.54, 1.807) is 0 Å². The van der Waals surface area contributed by atoms with E-state index in [2.05, 4.69) is 37.8 Å². The van der Waals surface area contributed by atoms with Gasteiger partial charge in [0, 0.05) is 11.8 Å². The Morgan fingerprint density at radius 1 is 1.47 bits per heavy atom. The molecule has 0 spiro atoms. The summed E-state index contributed by atoms with van der Waals surface area (Å²) in [5.41, 5.74) is 5.58. The summed E-state index contributed by atoms with van der Waals surface area (Å²) in [5, 5.41) is 4.65. The van der Waals surface area contributed by atoms with Crippen LogP contribution in [0, 0.1) is 0 Å². The van der Waals surface area contributed by atoms with Crippen molar-refractivity contribution >= 4 is 11.8 Å². The van der Waals surface area contributed by atoms with E-state index in [1.165, 1.54) is 0 Å². The third kappa shape index (κ3) is 3.71. The maximum absolute atomic E-state index is 5.77. The second-order valence-electron chi connectivity index (χ2n) is 4.66. The molecule has 1 heterocycles. The Hall–Kier alpha value is -0.550. The Labute approximate surface area is 108 Å². The molecule has 2 atom stereocenters. The lowest BCUT2D eigenvalue weighted by atomic mass is 9.88. The van der Waals surface area contributed by atoms with Crippen LogP contribution >= 0.6 is 11.8 Å². The fraction of sp³-hybridized carbons (Fsp3) is 0.833. The number of nitrogens with two attached hydrogens (primary N) is 1. The summed E-state index contributed by atoms with van der Waals surface area (Å²) in [5.74, 6) is 2.25. The van der Waals surface area contributed by atoms with Crippen molar-refractivity contribution in [3.63, 3.8) is 0 Å². The standard InChI is InChI=1S/C12H23N3OS/c1-5-9(3)17-7-10-14-11(16-15-10)12(4,6-2)8-13/h9H,5-8,13H2,1-4H3. The van der Waals surface area contributed by atoms with Crippen LogP contribution in [0.5, 0.6) is 0 Å². The van der Waals surface area contributed by atoms with Crippen LogP contribution in [0.2, 0.25) is 0 Å². The van der Waals surface area contributed by atoms with Crippen molar-refractivity contribution in [2.75, 3.05) is 6.54 Å². The Balaban J connectivity index is 2.65. The molecule has 0 aromatic carbocycles. The SMILES string of the molecule is CCC(C)SCc1noc(C(C)(CC)CN)n1. The summed E-state index contributed by atoms with van der Waals surface area (Å²) < 4.78 is 5.32. The van der Waals surface area contributed by atoms with E-state index in [4.69, 9.17) is 10.3 Å². The molecule has 0 radical (unpaired) electrons. The molecule has 1 aromatic heterocycles. The Morgan fingerprint density at radius 3 is 2.71 bits per heavy atom. The highest BCUT2D eigenvalue weighted by atomic mass is 32.2. The normalized spacial score (nSPS) is 16.8. The molecule has 0 amide bonds. The minimum atomic E-state index is -0.188. The molecule has 0 saturated carbocycles. The molecule has 1 rings (SSSR count). The zero-order chi connectivity index (χ0) is 12.9. The van der Waals surface area contributed by atoms with E-state index in [1.807, 2.05) is 11.8 Å². The van der Waals surface area contributed by atoms with Gasteiger partial charge in [0.25, 0.3) is 0 Å². The Kier molecular flexibility index (Phi) is 5.46. The van der Waals surface area contributed by atoms with E-state index in [0.717, 1.165) is 24.4 Å². The van der Waals surface area contributed by atoms with Crippen LogP contribution < -0.4 is 5.73 Å². The average Bonchev–Trinajstić information content (AvgIpc) is 2.84. The van der Waals surface area contributed by atoms with Crippen LogP contribution in [-0.4, -0.2) is 21.9 Å². The van der Waals surface area contributed by atoms with Crippen molar-refractivity contribution in [2.45, 2.75) is 57.0 Å². The Bertz CT molecular complexity index is 336. The van der Waals surface area contributed by atoms with Gasteiger partial charge in [-0.05, 0) is 19.8 Å². The van der Waals surface area contributed by atoms with Gasteiger partial charge in [0.1, 0.15) is 0 Å². The first-order valence-corrected chi connectivity index (χ1v) is 7.25. The van der Waals surface area contributed by atoms with E-state index < -0.39 is 0 Å². The summed E-state index contributed by atoms with van der Waals surface area (Å²) in [7, 11) is 0. The predicted molar refractivity (Wildman–Crippen MR) is 72.0 cm³/mol. The molecule has 0 fully saturated rings. The topological polar surface area (TPSA) is 64.9 Å². The van der Waals surface area contributed by atoms with Gasteiger partial charge in [0.15, 0.2) is 5.82 Å². The van der Waals surface area contributed by atoms with Gasteiger partial charge in [0.05, 0.1) is 11.2 Å². The quantitative estimate of drug-likeness (QED) is 0.813. The van der Waals surface area contributed by atoms with Gasteiger partial charge < -0.3 is 10.3 Å². The van der Waals surface area contributed by atoms with Crippen molar-refractivity contribution in [2.24, 2.45) is 5.73 Å². The van der Waals surface area contributed by atoms with Crippen molar-refractivity contribution in [1.29, 1.82) is 0 Å². The number of hydrogen-bond acceptors (Lipinski definition) is 5. The Morgan fingerprint density at radius 2 is 2.18 bits per heavy atom. The monoisotopic (exact) mass is 257 g/mol. The molecule has 0 saturated heterocycles. The summed E-state index contributed by atoms with van der Waals surface area (Å²) in [6.45, 7) is 9.07. The van der Waals surface area contributed by atoms with Crippen LogP contribution in [0.4, 0.5) is 0 Å². The lowest BCUT2D eigenvalue weighted by Crippen LogP contribution is -2.31. The lowest BCUT2D eigenvalue weighted by Gasteiger charge is -2.20. The van der Waals surface area contributed by atoms with Gasteiger partial charge in [0.2, 0.25) is 5.89 Å². The maximum atomic E-state index is 5.77. The van der Waals surface area contributed by atoms with E-state index >= 15 is 0 Å². The van der Waals surface area contributed by atoms with Gasteiger partial charge in [-0.3, -0.25) is 0 Å². The van der Waals surface area contributed by atoms with Gasteiger partial charge in [-0.25, -0.2) is 0 Å². The molecule has 2 unspecified atom stereocenters. The molecule has 17 heavy (non-hydrogen) atoms. The largest absolute Gasteiger partial charge is 0.339 e. The van der Waals surface area contributed by atoms with Crippen molar-refractivity contribution in [1.82, 2.24) is 10.1 Å². The predicted octanol–water partition coefficient (Wildman–Crippen LogP) is 2.73. The molecular weight excluding hydrogens is 234 g/mol. The molecule has 0 aliphatic rings. The van der Waals surface area contributed by atoms with Gasteiger partial charge in [-0.2, -0.15) is 16.7 Å². The smallest absolute Gasteiger partial charge is 0.233 e. The zero-order valence-electron chi connectivity index (χ0n) is 11.2. The molecule has 98 valence electrons. The highest BCUT2D eigenvalue weighted by Gasteiger charge is 2.29. The van der Waals surface area contributed by atoms with Crippen molar-refractivity contribution in [3.8, 4) is 0 Å². The van der Waals surface area contributed by atoms with Crippen LogP contribution in [0.1, 0.15) is 52.3 Å². The van der Waals surface area contributed by atoms with Crippen LogP contribution in [0.25, 0.3) is 0 Å². The van der Waals surface area contributed by atoms with E-state index in [9.17, 15) is 0 Å². The summed E-state index contributed by atoms with van der Waals surface area (Å²) in [6.07, 6.45) is 2.06. The fourth-order valence-corrected chi connectivity index (χ4v) is 2.06. The molecule has 0 aliphatic heterocycles. The van der Waals surface area contributed by atoms with E-state index in [-0.39, 0.29) is 5.41 Å². The molecule has 2 N–H and O–H groups in total. The third-order valence-electron chi connectivity index (χ3n) is 3.29. The van der Waals surface area contributed by atoms with Gasteiger partial charge in [-0.15, -0.1) is 0 Å². The zero-order valence-corrected chi connectivity index (χ0v) is 12.0. The van der Waals surface area contributed by atoms with Gasteiger partial charge >= 0.3 is 0 Å². The summed E-state index contributed by atoms with van der Waals surface area (Å²) in [6, 6.07) is 0. The molecule has 4 nitrogen and oxygen atoms in total. The number of nitrogens with zero attached hydrogens (tertiary/aromatic N) is 2. The van der Waals surface area contributed by atoms with Crippen LogP contribution in [-0.2, 0) is 11.2 Å². The highest BCUT2D eigenvalue weighted by molar-refractivity contribution is 7.99. The lowest BCUT2D eigenvalue weighted by molar-refractivity contribution is 0.289. The minimum Gasteiger partial charge on any atom is -0.339 e. The molecule has 0 bridgehead atoms. The van der Waals surface area contributed by atoms with Gasteiger partial charge in [-0.1, -0.05) is 25.9 Å². The summed E-state index contributed by atoms with van der Waals surface area (Å²) in [4.78, 5) is 4.45. The molecule has 5 heteroatoms. The molecule has 1 aromatic rings.